The fraction of sp³-hybridized carbons (Fsp3) is 0.900. The van der Waals surface area contributed by atoms with Crippen LogP contribution in [0.1, 0.15) is 32.6 Å². The summed E-state index contributed by atoms with van der Waals surface area (Å²) in [6.45, 7) is 1.79. The lowest BCUT2D eigenvalue weighted by molar-refractivity contribution is -0.145. The number of carbonyl (C=O) groups is 1. The van der Waals surface area contributed by atoms with Crippen molar-refractivity contribution >= 4 is 21.8 Å². The fourth-order valence-corrected chi connectivity index (χ4v) is 1.96. The predicted molar refractivity (Wildman–Crippen MR) is 58.3 cm³/mol. The van der Waals surface area contributed by atoms with E-state index in [4.69, 9.17) is 0 Å². The van der Waals surface area contributed by atoms with E-state index in [0.717, 1.165) is 6.42 Å². The van der Waals surface area contributed by atoms with Crippen LogP contribution in [0.15, 0.2) is 0 Å². The maximum Gasteiger partial charge on any atom is 0.259 e. The number of rotatable bonds is 3. The fourth-order valence-electron chi connectivity index (χ4n) is 1.80. The Hall–Kier alpha value is -0.190. The van der Waals surface area contributed by atoms with Gasteiger partial charge in [-0.1, -0.05) is 22.4 Å². The maximum absolute atomic E-state index is 13.4. The summed E-state index contributed by atoms with van der Waals surface area (Å²) >= 11 is 3.19. The summed E-state index contributed by atoms with van der Waals surface area (Å²) in [6.07, 6.45) is 1.38. The summed E-state index contributed by atoms with van der Waals surface area (Å²) in [7, 11) is 0. The Morgan fingerprint density at radius 2 is 2.27 bits per heavy atom. The zero-order chi connectivity index (χ0) is 11.5. The summed E-state index contributed by atoms with van der Waals surface area (Å²) in [5.41, 5.74) is 0. The molecule has 0 bridgehead atoms. The van der Waals surface area contributed by atoms with Gasteiger partial charge in [0.2, 0.25) is 5.91 Å². The lowest BCUT2D eigenvalue weighted by Crippen LogP contribution is -2.46. The lowest BCUT2D eigenvalue weighted by atomic mass is 9.85. The number of carbonyl (C=O) groups excluding carboxylic acids is 1. The molecule has 5 heteroatoms. The molecule has 2 nitrogen and oxygen atoms in total. The Bertz CT molecular complexity index is 235. The van der Waals surface area contributed by atoms with E-state index in [0.29, 0.717) is 18.2 Å². The Balaban J connectivity index is 2.57. The summed E-state index contributed by atoms with van der Waals surface area (Å²) < 4.78 is 26.8. The third-order valence-electron chi connectivity index (χ3n) is 2.70. The van der Waals surface area contributed by atoms with Crippen LogP contribution in [-0.4, -0.2) is 23.2 Å². The molecule has 1 aliphatic carbocycles. The van der Waals surface area contributed by atoms with E-state index >= 15 is 0 Å². The first-order valence-corrected chi connectivity index (χ1v) is 6.33. The molecule has 1 amide bonds. The average molecular weight is 284 g/mol. The van der Waals surface area contributed by atoms with E-state index < -0.39 is 17.7 Å². The first-order chi connectivity index (χ1) is 6.97. The number of alkyl halides is 3. The minimum absolute atomic E-state index is 0.102. The van der Waals surface area contributed by atoms with Crippen molar-refractivity contribution < 1.29 is 13.6 Å². The molecule has 1 saturated carbocycles. The molecular weight excluding hydrogens is 268 g/mol. The second kappa shape index (κ2) is 5.23. The highest BCUT2D eigenvalue weighted by atomic mass is 79.9. The van der Waals surface area contributed by atoms with Gasteiger partial charge in [-0.15, -0.1) is 0 Å². The van der Waals surface area contributed by atoms with Crippen LogP contribution in [0.5, 0.6) is 0 Å². The Labute approximate surface area is 96.9 Å². The standard InChI is InChI=1S/C10H16BrF2NO/c1-7(6-11)14-9(15)8-4-2-3-5-10(8,12)13/h7-8H,2-6H2,1H3,(H,14,15). The molecule has 0 heterocycles. The topological polar surface area (TPSA) is 29.1 Å². The molecule has 0 aromatic carbocycles. The van der Waals surface area contributed by atoms with Crippen molar-refractivity contribution in [3.05, 3.63) is 0 Å². The van der Waals surface area contributed by atoms with Crippen LogP contribution in [0.4, 0.5) is 8.78 Å². The molecule has 0 aliphatic heterocycles. The molecule has 0 radical (unpaired) electrons. The first kappa shape index (κ1) is 12.9. The Morgan fingerprint density at radius 3 is 2.80 bits per heavy atom. The summed E-state index contributed by atoms with van der Waals surface area (Å²) in [6, 6.07) is -0.102. The zero-order valence-electron chi connectivity index (χ0n) is 8.73. The molecule has 1 aliphatic rings. The van der Waals surface area contributed by atoms with E-state index in [1.807, 2.05) is 0 Å². The highest BCUT2D eigenvalue weighted by Crippen LogP contribution is 2.38. The quantitative estimate of drug-likeness (QED) is 0.793. The van der Waals surface area contributed by atoms with E-state index in [1.54, 1.807) is 6.92 Å². The van der Waals surface area contributed by atoms with Gasteiger partial charge >= 0.3 is 0 Å². The Kier molecular flexibility index (Phi) is 4.49. The molecule has 88 valence electrons. The van der Waals surface area contributed by atoms with Crippen molar-refractivity contribution in [1.82, 2.24) is 5.32 Å². The third kappa shape index (κ3) is 3.40. The number of halogens is 3. The molecule has 15 heavy (non-hydrogen) atoms. The highest BCUT2D eigenvalue weighted by molar-refractivity contribution is 9.09. The zero-order valence-corrected chi connectivity index (χ0v) is 10.3. The predicted octanol–water partition coefficient (Wildman–Crippen LogP) is 2.71. The normalized spacial score (nSPS) is 27.1. The van der Waals surface area contributed by atoms with Crippen molar-refractivity contribution in [2.75, 3.05) is 5.33 Å². The molecule has 0 saturated heterocycles. The molecule has 2 unspecified atom stereocenters. The first-order valence-electron chi connectivity index (χ1n) is 5.21. The SMILES string of the molecule is CC(CBr)NC(=O)C1CCCCC1(F)F. The van der Waals surface area contributed by atoms with Gasteiger partial charge in [0, 0.05) is 17.8 Å². The van der Waals surface area contributed by atoms with Crippen LogP contribution in [-0.2, 0) is 4.79 Å². The largest absolute Gasteiger partial charge is 0.352 e. The van der Waals surface area contributed by atoms with Gasteiger partial charge in [-0.05, 0) is 19.8 Å². The van der Waals surface area contributed by atoms with Crippen molar-refractivity contribution in [3.63, 3.8) is 0 Å². The lowest BCUT2D eigenvalue weighted by Gasteiger charge is -2.30. The van der Waals surface area contributed by atoms with Gasteiger partial charge in [-0.25, -0.2) is 8.78 Å². The minimum atomic E-state index is -2.83. The molecular formula is C10H16BrF2NO. The van der Waals surface area contributed by atoms with Gasteiger partial charge in [0.25, 0.3) is 5.92 Å². The van der Waals surface area contributed by atoms with Crippen LogP contribution < -0.4 is 5.32 Å². The van der Waals surface area contributed by atoms with Crippen LogP contribution in [0.3, 0.4) is 0 Å². The molecule has 1 rings (SSSR count). The molecule has 0 aromatic heterocycles. The second-order valence-corrected chi connectivity index (χ2v) is 4.77. The van der Waals surface area contributed by atoms with Crippen molar-refractivity contribution in [3.8, 4) is 0 Å². The Morgan fingerprint density at radius 1 is 1.60 bits per heavy atom. The minimum Gasteiger partial charge on any atom is -0.352 e. The molecule has 1 fully saturated rings. The van der Waals surface area contributed by atoms with Crippen LogP contribution in [0, 0.1) is 5.92 Å². The second-order valence-electron chi connectivity index (χ2n) is 4.12. The van der Waals surface area contributed by atoms with Gasteiger partial charge in [0.1, 0.15) is 5.92 Å². The summed E-state index contributed by atoms with van der Waals surface area (Å²) in [4.78, 5) is 11.6. The van der Waals surface area contributed by atoms with Gasteiger partial charge in [-0.3, -0.25) is 4.79 Å². The van der Waals surface area contributed by atoms with Gasteiger partial charge in [-0.2, -0.15) is 0 Å². The highest BCUT2D eigenvalue weighted by Gasteiger charge is 2.45. The van der Waals surface area contributed by atoms with E-state index in [9.17, 15) is 13.6 Å². The molecule has 0 spiro atoms. The molecule has 1 N–H and O–H groups in total. The third-order valence-corrected chi connectivity index (χ3v) is 3.67. The van der Waals surface area contributed by atoms with Gasteiger partial charge < -0.3 is 5.32 Å². The molecule has 0 aromatic rings. The number of amides is 1. The van der Waals surface area contributed by atoms with E-state index in [-0.39, 0.29) is 12.5 Å². The van der Waals surface area contributed by atoms with Crippen LogP contribution in [0.2, 0.25) is 0 Å². The molecule has 2 atom stereocenters. The summed E-state index contributed by atoms with van der Waals surface area (Å²) in [5, 5.41) is 3.17. The number of nitrogens with one attached hydrogen (secondary N) is 1. The van der Waals surface area contributed by atoms with E-state index in [2.05, 4.69) is 21.2 Å². The van der Waals surface area contributed by atoms with Crippen molar-refractivity contribution in [2.45, 2.75) is 44.6 Å². The van der Waals surface area contributed by atoms with Gasteiger partial charge in [0.05, 0.1) is 0 Å². The van der Waals surface area contributed by atoms with Gasteiger partial charge in [0.15, 0.2) is 0 Å². The maximum atomic E-state index is 13.4. The number of hydrogen-bond donors (Lipinski definition) is 1. The number of hydrogen-bond acceptors (Lipinski definition) is 1. The van der Waals surface area contributed by atoms with Crippen LogP contribution in [0.25, 0.3) is 0 Å². The monoisotopic (exact) mass is 283 g/mol. The van der Waals surface area contributed by atoms with Crippen molar-refractivity contribution in [1.29, 1.82) is 0 Å². The van der Waals surface area contributed by atoms with Crippen LogP contribution >= 0.6 is 15.9 Å². The van der Waals surface area contributed by atoms with E-state index in [1.165, 1.54) is 0 Å². The average Bonchev–Trinajstić information content (AvgIpc) is 2.16. The van der Waals surface area contributed by atoms with Crippen molar-refractivity contribution in [2.24, 2.45) is 5.92 Å². The smallest absolute Gasteiger partial charge is 0.259 e. The summed E-state index contributed by atoms with van der Waals surface area (Å²) in [5.74, 6) is -4.46.